The average Bonchev–Trinajstić information content (AvgIpc) is 2.31. The number of likely N-dealkylation sites (N-methyl/N-ethyl adjacent to an activating group) is 2. The lowest BCUT2D eigenvalue weighted by Gasteiger charge is -2.39. The molecule has 0 aliphatic carbocycles. The topological polar surface area (TPSA) is 33.7 Å². The molecule has 0 aromatic rings. The molecule has 0 amide bonds. The van der Waals surface area contributed by atoms with Crippen molar-refractivity contribution in [3.63, 3.8) is 0 Å². The molecule has 2 heterocycles. The quantitative estimate of drug-likeness (QED) is 0.755. The summed E-state index contributed by atoms with van der Waals surface area (Å²) in [5.41, 5.74) is 0. The van der Waals surface area contributed by atoms with Gasteiger partial charge in [0.15, 0.2) is 0 Å². The van der Waals surface area contributed by atoms with Gasteiger partial charge in [-0.2, -0.15) is 0 Å². The van der Waals surface area contributed by atoms with E-state index in [2.05, 4.69) is 17.3 Å². The van der Waals surface area contributed by atoms with Crippen molar-refractivity contribution >= 4 is 0 Å². The molecule has 4 heteroatoms. The van der Waals surface area contributed by atoms with Crippen LogP contribution in [0, 0.1) is 5.92 Å². The molecule has 2 saturated heterocycles. The normalized spacial score (nSPS) is 34.9. The van der Waals surface area contributed by atoms with E-state index in [9.17, 15) is 0 Å². The summed E-state index contributed by atoms with van der Waals surface area (Å²) in [6.45, 7) is 4.75. The van der Waals surface area contributed by atoms with Crippen molar-refractivity contribution in [2.45, 2.75) is 25.0 Å². The molecule has 0 radical (unpaired) electrons. The van der Waals surface area contributed by atoms with Gasteiger partial charge in [-0.1, -0.05) is 0 Å². The smallest absolute Gasteiger partial charge is 0.0858 e. The van der Waals surface area contributed by atoms with E-state index in [0.717, 1.165) is 32.9 Å². The van der Waals surface area contributed by atoms with Crippen molar-refractivity contribution in [2.24, 2.45) is 5.92 Å². The van der Waals surface area contributed by atoms with E-state index in [-0.39, 0.29) is 0 Å². The lowest BCUT2D eigenvalue weighted by atomic mass is 9.89. The van der Waals surface area contributed by atoms with E-state index in [1.165, 1.54) is 12.8 Å². The highest BCUT2D eigenvalue weighted by Gasteiger charge is 2.32. The van der Waals surface area contributed by atoms with Crippen molar-refractivity contribution in [1.82, 2.24) is 10.2 Å². The van der Waals surface area contributed by atoms with E-state index in [1.54, 1.807) is 0 Å². The van der Waals surface area contributed by atoms with Gasteiger partial charge in [-0.25, -0.2) is 0 Å². The molecule has 2 fully saturated rings. The first-order valence-electron chi connectivity index (χ1n) is 6.36. The largest absolute Gasteiger partial charge is 0.381 e. The number of hydrogen-bond acceptors (Lipinski definition) is 4. The van der Waals surface area contributed by atoms with Gasteiger partial charge in [-0.05, 0) is 26.9 Å². The van der Waals surface area contributed by atoms with Gasteiger partial charge in [0.1, 0.15) is 0 Å². The minimum Gasteiger partial charge on any atom is -0.381 e. The minimum atomic E-state index is 0.315. The molecule has 0 spiro atoms. The standard InChI is InChI=1S/C12H24N2O2/c1-13-12(10-4-3-6-15-9-10)11-8-14(2)5-7-16-11/h10-13H,3-9H2,1-2H3. The molecule has 0 aromatic carbocycles. The molecular formula is C12H24N2O2. The van der Waals surface area contributed by atoms with Gasteiger partial charge in [0.25, 0.3) is 0 Å². The Balaban J connectivity index is 1.91. The van der Waals surface area contributed by atoms with E-state index in [4.69, 9.17) is 9.47 Å². The van der Waals surface area contributed by atoms with Gasteiger partial charge in [-0.15, -0.1) is 0 Å². The van der Waals surface area contributed by atoms with Gasteiger partial charge in [0, 0.05) is 31.7 Å². The third kappa shape index (κ3) is 2.94. The molecule has 16 heavy (non-hydrogen) atoms. The van der Waals surface area contributed by atoms with Crippen LogP contribution in [0.4, 0.5) is 0 Å². The summed E-state index contributed by atoms with van der Waals surface area (Å²) >= 11 is 0. The Morgan fingerprint density at radius 1 is 1.38 bits per heavy atom. The number of hydrogen-bond donors (Lipinski definition) is 1. The van der Waals surface area contributed by atoms with Crippen molar-refractivity contribution in [3.8, 4) is 0 Å². The van der Waals surface area contributed by atoms with Crippen molar-refractivity contribution < 1.29 is 9.47 Å². The van der Waals surface area contributed by atoms with E-state index < -0.39 is 0 Å². The summed E-state index contributed by atoms with van der Waals surface area (Å²) < 4.78 is 11.5. The van der Waals surface area contributed by atoms with Crippen LogP contribution in [0.1, 0.15) is 12.8 Å². The molecule has 0 bridgehead atoms. The lowest BCUT2D eigenvalue weighted by Crippen LogP contribution is -2.54. The van der Waals surface area contributed by atoms with Crippen molar-refractivity contribution in [3.05, 3.63) is 0 Å². The van der Waals surface area contributed by atoms with Gasteiger partial charge in [-0.3, -0.25) is 0 Å². The Morgan fingerprint density at radius 3 is 2.88 bits per heavy atom. The van der Waals surface area contributed by atoms with Crippen LogP contribution in [0.5, 0.6) is 0 Å². The van der Waals surface area contributed by atoms with Crippen molar-refractivity contribution in [2.75, 3.05) is 47.0 Å². The predicted molar refractivity (Wildman–Crippen MR) is 63.6 cm³/mol. The molecule has 0 saturated carbocycles. The summed E-state index contributed by atoms with van der Waals surface area (Å²) in [5, 5.41) is 3.43. The predicted octanol–water partition coefficient (Wildman–Crippen LogP) is 0.332. The SMILES string of the molecule is CNC(C1CCCOC1)C1CN(C)CCO1. The van der Waals surface area contributed by atoms with E-state index >= 15 is 0 Å². The first-order chi connectivity index (χ1) is 7.81. The number of nitrogens with one attached hydrogen (secondary N) is 1. The molecular weight excluding hydrogens is 204 g/mol. The van der Waals surface area contributed by atoms with Crippen LogP contribution in [-0.4, -0.2) is 64.1 Å². The number of nitrogens with zero attached hydrogens (tertiary/aromatic N) is 1. The van der Waals surface area contributed by atoms with Gasteiger partial charge in [0.2, 0.25) is 0 Å². The van der Waals surface area contributed by atoms with Crippen molar-refractivity contribution in [1.29, 1.82) is 0 Å². The number of ether oxygens (including phenoxy) is 2. The summed E-state index contributed by atoms with van der Waals surface area (Å²) in [6.07, 6.45) is 2.76. The Bertz CT molecular complexity index is 207. The van der Waals surface area contributed by atoms with Gasteiger partial charge < -0.3 is 19.7 Å². The molecule has 0 aromatic heterocycles. The fraction of sp³-hybridized carbons (Fsp3) is 1.00. The zero-order chi connectivity index (χ0) is 11.4. The van der Waals surface area contributed by atoms with E-state index in [0.29, 0.717) is 18.1 Å². The second-order valence-corrected chi connectivity index (χ2v) is 4.96. The molecule has 3 atom stereocenters. The zero-order valence-corrected chi connectivity index (χ0v) is 10.4. The van der Waals surface area contributed by atoms with E-state index in [1.807, 2.05) is 7.05 Å². The summed E-state index contributed by atoms with van der Waals surface area (Å²) in [6, 6.07) is 0.433. The average molecular weight is 228 g/mol. The molecule has 1 N–H and O–H groups in total. The fourth-order valence-corrected chi connectivity index (χ4v) is 2.80. The molecule has 2 aliphatic rings. The Kier molecular flexibility index (Phi) is 4.58. The highest BCUT2D eigenvalue weighted by atomic mass is 16.5. The van der Waals surface area contributed by atoms with Crippen LogP contribution in [0.3, 0.4) is 0 Å². The van der Waals surface area contributed by atoms with Gasteiger partial charge in [0.05, 0.1) is 19.3 Å². The first-order valence-corrected chi connectivity index (χ1v) is 6.36. The molecule has 2 rings (SSSR count). The molecule has 3 unspecified atom stereocenters. The third-order valence-electron chi connectivity index (χ3n) is 3.73. The van der Waals surface area contributed by atoms with Crippen LogP contribution in [0.2, 0.25) is 0 Å². The number of rotatable bonds is 3. The maximum absolute atomic E-state index is 5.89. The highest BCUT2D eigenvalue weighted by Crippen LogP contribution is 2.22. The molecule has 94 valence electrons. The Hall–Kier alpha value is -0.160. The van der Waals surface area contributed by atoms with Crippen LogP contribution >= 0.6 is 0 Å². The molecule has 2 aliphatic heterocycles. The Morgan fingerprint density at radius 2 is 2.25 bits per heavy atom. The minimum absolute atomic E-state index is 0.315. The second kappa shape index (κ2) is 5.96. The third-order valence-corrected chi connectivity index (χ3v) is 3.73. The first kappa shape index (κ1) is 12.3. The zero-order valence-electron chi connectivity index (χ0n) is 10.4. The van der Waals surface area contributed by atoms with Crippen LogP contribution < -0.4 is 5.32 Å². The maximum atomic E-state index is 5.89. The lowest BCUT2D eigenvalue weighted by molar-refractivity contribution is -0.0650. The monoisotopic (exact) mass is 228 g/mol. The Labute approximate surface area is 98.3 Å². The van der Waals surface area contributed by atoms with Crippen LogP contribution in [-0.2, 0) is 9.47 Å². The van der Waals surface area contributed by atoms with Gasteiger partial charge >= 0.3 is 0 Å². The highest BCUT2D eigenvalue weighted by molar-refractivity contribution is 4.87. The summed E-state index contributed by atoms with van der Waals surface area (Å²) in [4.78, 5) is 2.35. The number of morpholine rings is 1. The summed E-state index contributed by atoms with van der Waals surface area (Å²) in [5.74, 6) is 0.607. The van der Waals surface area contributed by atoms with Crippen LogP contribution in [0.15, 0.2) is 0 Å². The fourth-order valence-electron chi connectivity index (χ4n) is 2.80. The second-order valence-electron chi connectivity index (χ2n) is 4.96. The summed E-state index contributed by atoms with van der Waals surface area (Å²) in [7, 11) is 4.21. The maximum Gasteiger partial charge on any atom is 0.0858 e. The van der Waals surface area contributed by atoms with Crippen LogP contribution in [0.25, 0.3) is 0 Å². The molecule has 4 nitrogen and oxygen atoms in total.